The number of methoxy groups -OCH3 is 1. The second kappa shape index (κ2) is 8.43. The highest BCUT2D eigenvalue weighted by Gasteiger charge is 2.20. The van der Waals surface area contributed by atoms with E-state index in [2.05, 4.69) is 37.4 Å². The predicted molar refractivity (Wildman–Crippen MR) is 89.8 cm³/mol. The maximum atomic E-state index is 5.33. The van der Waals surface area contributed by atoms with Crippen LogP contribution >= 0.6 is 0 Å². The predicted octanol–water partition coefficient (Wildman–Crippen LogP) is 5.09. The first-order valence-corrected chi connectivity index (χ1v) is 8.63. The van der Waals surface area contributed by atoms with Crippen LogP contribution in [0.4, 0.5) is 0 Å². The zero-order chi connectivity index (χ0) is 15.1. The lowest BCUT2D eigenvalue weighted by Gasteiger charge is -2.23. The Morgan fingerprint density at radius 1 is 1.24 bits per heavy atom. The zero-order valence-corrected chi connectivity index (χ0v) is 13.9. The standard InChI is InChI=1S/C19H31NO/c1-4-7-16-8-5-10-18(13-12-16)20-15(2)17-9-6-11-19(14-17)21-3/h6,9,11,14-16,18,20H,4-5,7-8,10,12-13H2,1-3H3/t15-,16?,18?/m1/s1. The van der Waals surface area contributed by atoms with Crippen LogP contribution in [0, 0.1) is 5.92 Å². The third kappa shape index (κ3) is 5.03. The summed E-state index contributed by atoms with van der Waals surface area (Å²) in [6, 6.07) is 9.50. The normalized spacial score (nSPS) is 24.3. The molecule has 118 valence electrons. The van der Waals surface area contributed by atoms with E-state index < -0.39 is 0 Å². The van der Waals surface area contributed by atoms with E-state index in [1.54, 1.807) is 7.11 Å². The van der Waals surface area contributed by atoms with Gasteiger partial charge in [0.05, 0.1) is 7.11 Å². The molecule has 21 heavy (non-hydrogen) atoms. The van der Waals surface area contributed by atoms with E-state index in [1.807, 2.05) is 6.07 Å². The molecule has 2 heteroatoms. The summed E-state index contributed by atoms with van der Waals surface area (Å²) in [5.74, 6) is 1.92. The summed E-state index contributed by atoms with van der Waals surface area (Å²) >= 11 is 0. The molecule has 1 aliphatic carbocycles. The smallest absolute Gasteiger partial charge is 0.119 e. The average molecular weight is 289 g/mol. The van der Waals surface area contributed by atoms with Gasteiger partial charge >= 0.3 is 0 Å². The Balaban J connectivity index is 1.88. The van der Waals surface area contributed by atoms with Gasteiger partial charge in [0.1, 0.15) is 5.75 Å². The molecular weight excluding hydrogens is 258 g/mol. The van der Waals surface area contributed by atoms with Crippen molar-refractivity contribution in [1.82, 2.24) is 5.32 Å². The van der Waals surface area contributed by atoms with Crippen molar-refractivity contribution < 1.29 is 4.74 Å². The van der Waals surface area contributed by atoms with Gasteiger partial charge in [0.25, 0.3) is 0 Å². The Hall–Kier alpha value is -1.02. The van der Waals surface area contributed by atoms with Gasteiger partial charge in [0.2, 0.25) is 0 Å². The van der Waals surface area contributed by atoms with Crippen LogP contribution in [0.5, 0.6) is 5.75 Å². The molecule has 0 aromatic heterocycles. The van der Waals surface area contributed by atoms with Crippen LogP contribution in [0.1, 0.15) is 70.4 Å². The molecular formula is C19H31NO. The van der Waals surface area contributed by atoms with E-state index in [1.165, 1.54) is 50.5 Å². The summed E-state index contributed by atoms with van der Waals surface area (Å²) in [7, 11) is 1.73. The largest absolute Gasteiger partial charge is 0.497 e. The summed E-state index contributed by atoms with van der Waals surface area (Å²) in [5.41, 5.74) is 1.32. The van der Waals surface area contributed by atoms with Gasteiger partial charge in [0, 0.05) is 12.1 Å². The number of nitrogens with one attached hydrogen (secondary N) is 1. The van der Waals surface area contributed by atoms with Crippen LogP contribution in [0.15, 0.2) is 24.3 Å². The van der Waals surface area contributed by atoms with Gasteiger partial charge in [-0.2, -0.15) is 0 Å². The third-order valence-electron chi connectivity index (χ3n) is 4.86. The summed E-state index contributed by atoms with van der Waals surface area (Å²) in [6.07, 6.45) is 9.62. The summed E-state index contributed by atoms with van der Waals surface area (Å²) in [4.78, 5) is 0. The first-order chi connectivity index (χ1) is 10.2. The van der Waals surface area contributed by atoms with Gasteiger partial charge in [-0.3, -0.25) is 0 Å². The lowest BCUT2D eigenvalue weighted by atomic mass is 9.95. The Labute approximate surface area is 130 Å². The molecule has 2 rings (SSSR count). The van der Waals surface area contributed by atoms with Gasteiger partial charge in [-0.15, -0.1) is 0 Å². The highest BCUT2D eigenvalue weighted by molar-refractivity contribution is 5.30. The quantitative estimate of drug-likeness (QED) is 0.736. The van der Waals surface area contributed by atoms with Crippen LogP contribution in [-0.4, -0.2) is 13.2 Å². The van der Waals surface area contributed by atoms with Crippen molar-refractivity contribution in [3.63, 3.8) is 0 Å². The van der Waals surface area contributed by atoms with E-state index in [9.17, 15) is 0 Å². The molecule has 1 fully saturated rings. The van der Waals surface area contributed by atoms with Gasteiger partial charge in [-0.25, -0.2) is 0 Å². The minimum atomic E-state index is 0.396. The molecule has 1 aromatic rings. The second-order valence-corrected chi connectivity index (χ2v) is 6.52. The minimum absolute atomic E-state index is 0.396. The Morgan fingerprint density at radius 3 is 2.86 bits per heavy atom. The Bertz CT molecular complexity index is 418. The fourth-order valence-corrected chi connectivity index (χ4v) is 3.60. The van der Waals surface area contributed by atoms with Gasteiger partial charge in [-0.05, 0) is 49.8 Å². The van der Waals surface area contributed by atoms with Gasteiger partial charge < -0.3 is 10.1 Å². The molecule has 0 bridgehead atoms. The number of benzene rings is 1. The first-order valence-electron chi connectivity index (χ1n) is 8.63. The molecule has 0 amide bonds. The number of hydrogen-bond donors (Lipinski definition) is 1. The van der Waals surface area contributed by atoms with Crippen LogP contribution in [-0.2, 0) is 0 Å². The Morgan fingerprint density at radius 2 is 2.10 bits per heavy atom. The summed E-state index contributed by atoms with van der Waals surface area (Å²) in [5, 5.41) is 3.83. The fourth-order valence-electron chi connectivity index (χ4n) is 3.60. The van der Waals surface area contributed by atoms with Crippen molar-refractivity contribution in [3.8, 4) is 5.75 Å². The van der Waals surface area contributed by atoms with E-state index in [0.29, 0.717) is 12.1 Å². The molecule has 0 heterocycles. The molecule has 1 aromatic carbocycles. The number of ether oxygens (including phenoxy) is 1. The lowest BCUT2D eigenvalue weighted by molar-refractivity contribution is 0.390. The Kier molecular flexibility index (Phi) is 6.56. The number of hydrogen-bond acceptors (Lipinski definition) is 2. The third-order valence-corrected chi connectivity index (χ3v) is 4.86. The molecule has 2 unspecified atom stereocenters. The van der Waals surface area contributed by atoms with E-state index >= 15 is 0 Å². The SMILES string of the molecule is CCCC1CCCC(N[C@H](C)c2cccc(OC)c2)CC1. The van der Waals surface area contributed by atoms with Crippen LogP contribution in [0.3, 0.4) is 0 Å². The first kappa shape index (κ1) is 16.4. The van der Waals surface area contributed by atoms with Crippen LogP contribution in [0.2, 0.25) is 0 Å². The molecule has 0 radical (unpaired) electrons. The highest BCUT2D eigenvalue weighted by atomic mass is 16.5. The molecule has 0 spiro atoms. The molecule has 1 N–H and O–H groups in total. The van der Waals surface area contributed by atoms with E-state index in [0.717, 1.165) is 11.7 Å². The molecule has 1 saturated carbocycles. The fraction of sp³-hybridized carbons (Fsp3) is 0.684. The zero-order valence-electron chi connectivity index (χ0n) is 13.9. The van der Waals surface area contributed by atoms with Gasteiger partial charge in [-0.1, -0.05) is 44.7 Å². The van der Waals surface area contributed by atoms with Crippen LogP contribution < -0.4 is 10.1 Å². The second-order valence-electron chi connectivity index (χ2n) is 6.52. The monoisotopic (exact) mass is 289 g/mol. The topological polar surface area (TPSA) is 21.3 Å². The summed E-state index contributed by atoms with van der Waals surface area (Å²) in [6.45, 7) is 4.58. The van der Waals surface area contributed by atoms with E-state index in [-0.39, 0.29) is 0 Å². The van der Waals surface area contributed by atoms with E-state index in [4.69, 9.17) is 4.74 Å². The van der Waals surface area contributed by atoms with Crippen molar-refractivity contribution in [1.29, 1.82) is 0 Å². The molecule has 0 saturated heterocycles. The van der Waals surface area contributed by atoms with Crippen molar-refractivity contribution >= 4 is 0 Å². The molecule has 2 nitrogen and oxygen atoms in total. The average Bonchev–Trinajstić information content (AvgIpc) is 2.73. The summed E-state index contributed by atoms with van der Waals surface area (Å²) < 4.78 is 5.33. The van der Waals surface area contributed by atoms with Crippen molar-refractivity contribution in [2.45, 2.75) is 70.9 Å². The maximum absolute atomic E-state index is 5.33. The van der Waals surface area contributed by atoms with Crippen molar-refractivity contribution in [2.24, 2.45) is 5.92 Å². The molecule has 1 aliphatic rings. The molecule has 0 aliphatic heterocycles. The highest BCUT2D eigenvalue weighted by Crippen LogP contribution is 2.28. The maximum Gasteiger partial charge on any atom is 0.119 e. The van der Waals surface area contributed by atoms with Gasteiger partial charge in [0.15, 0.2) is 0 Å². The van der Waals surface area contributed by atoms with Crippen molar-refractivity contribution in [2.75, 3.05) is 7.11 Å². The van der Waals surface area contributed by atoms with Crippen molar-refractivity contribution in [3.05, 3.63) is 29.8 Å². The van der Waals surface area contributed by atoms with Crippen LogP contribution in [0.25, 0.3) is 0 Å². The lowest BCUT2D eigenvalue weighted by Crippen LogP contribution is -2.31. The minimum Gasteiger partial charge on any atom is -0.497 e. The number of rotatable bonds is 6. The molecule has 3 atom stereocenters.